The van der Waals surface area contributed by atoms with Crippen molar-refractivity contribution in [2.24, 2.45) is 5.92 Å². The molecule has 0 aliphatic heterocycles. The molecule has 0 heterocycles. The number of carbonyl (C=O) groups excluding carboxylic acids is 2. The van der Waals surface area contributed by atoms with Crippen LogP contribution >= 0.6 is 11.8 Å². The van der Waals surface area contributed by atoms with Gasteiger partial charge in [0.15, 0.2) is 0 Å². The third-order valence-corrected chi connectivity index (χ3v) is 4.46. The van der Waals surface area contributed by atoms with Gasteiger partial charge in [0.05, 0.1) is 17.8 Å². The normalized spacial score (nSPS) is 10.5. The fourth-order valence-electron chi connectivity index (χ4n) is 2.34. The molecule has 0 bridgehead atoms. The van der Waals surface area contributed by atoms with Crippen LogP contribution in [0.5, 0.6) is 0 Å². The van der Waals surface area contributed by atoms with E-state index in [0.717, 1.165) is 10.6 Å². The largest absolute Gasteiger partial charge is 0.375 e. The van der Waals surface area contributed by atoms with E-state index in [2.05, 4.69) is 16.0 Å². The summed E-state index contributed by atoms with van der Waals surface area (Å²) in [5.41, 5.74) is 1.89. The highest BCUT2D eigenvalue weighted by Crippen LogP contribution is 2.24. The van der Waals surface area contributed by atoms with Crippen LogP contribution in [0.1, 0.15) is 24.2 Å². The predicted octanol–water partition coefficient (Wildman–Crippen LogP) is 3.84. The maximum absolute atomic E-state index is 12.3. The number of rotatable bonds is 8. The molecule has 0 aliphatic carbocycles. The SMILES string of the molecule is CSc1ccccc1NCC(=O)Nc1ccccc1C(=O)NCC(C)C. The molecular weight excluding hydrogens is 346 g/mol. The van der Waals surface area contributed by atoms with Crippen molar-refractivity contribution in [3.63, 3.8) is 0 Å². The molecular formula is C20H25N3O2S. The number of thioether (sulfide) groups is 1. The molecule has 0 saturated heterocycles. The van der Waals surface area contributed by atoms with Crippen molar-refractivity contribution < 1.29 is 9.59 Å². The van der Waals surface area contributed by atoms with E-state index in [-0.39, 0.29) is 18.4 Å². The van der Waals surface area contributed by atoms with Crippen molar-refractivity contribution in [1.29, 1.82) is 0 Å². The standard InChI is InChI=1S/C20H25N3O2S/c1-14(2)12-22-20(25)15-8-4-5-9-16(15)23-19(24)13-21-17-10-6-7-11-18(17)26-3/h4-11,14,21H,12-13H2,1-3H3,(H,22,25)(H,23,24). The number of para-hydroxylation sites is 2. The van der Waals surface area contributed by atoms with Crippen molar-refractivity contribution in [3.05, 3.63) is 54.1 Å². The minimum atomic E-state index is -0.204. The molecule has 6 heteroatoms. The smallest absolute Gasteiger partial charge is 0.253 e. The zero-order valence-electron chi connectivity index (χ0n) is 15.3. The first kappa shape index (κ1) is 19.8. The van der Waals surface area contributed by atoms with E-state index < -0.39 is 0 Å². The van der Waals surface area contributed by atoms with Gasteiger partial charge in [-0.2, -0.15) is 0 Å². The van der Waals surface area contributed by atoms with Crippen LogP contribution in [0.15, 0.2) is 53.4 Å². The molecule has 0 radical (unpaired) electrons. The summed E-state index contributed by atoms with van der Waals surface area (Å²) >= 11 is 1.62. The van der Waals surface area contributed by atoms with Crippen LogP contribution in [0.25, 0.3) is 0 Å². The molecule has 5 nitrogen and oxygen atoms in total. The molecule has 138 valence electrons. The summed E-state index contributed by atoms with van der Waals surface area (Å²) in [6, 6.07) is 14.8. The van der Waals surface area contributed by atoms with Gasteiger partial charge in [0.2, 0.25) is 5.91 Å². The molecule has 26 heavy (non-hydrogen) atoms. The summed E-state index contributed by atoms with van der Waals surface area (Å²) in [6.07, 6.45) is 1.99. The Labute approximate surface area is 159 Å². The lowest BCUT2D eigenvalue weighted by Gasteiger charge is -2.14. The summed E-state index contributed by atoms with van der Waals surface area (Å²) < 4.78 is 0. The number of amides is 2. The Bertz CT molecular complexity index is 762. The molecule has 3 N–H and O–H groups in total. The van der Waals surface area contributed by atoms with Crippen molar-refractivity contribution in [3.8, 4) is 0 Å². The Morgan fingerprint density at radius 2 is 1.65 bits per heavy atom. The van der Waals surface area contributed by atoms with Crippen molar-refractivity contribution in [2.75, 3.05) is 30.0 Å². The van der Waals surface area contributed by atoms with Crippen molar-refractivity contribution in [2.45, 2.75) is 18.7 Å². The summed E-state index contributed by atoms with van der Waals surface area (Å²) in [5, 5.41) is 8.83. The average molecular weight is 372 g/mol. The van der Waals surface area contributed by atoms with Gasteiger partial charge in [-0.05, 0) is 36.4 Å². The summed E-state index contributed by atoms with van der Waals surface area (Å²) in [4.78, 5) is 25.7. The quantitative estimate of drug-likeness (QED) is 0.617. The lowest BCUT2D eigenvalue weighted by atomic mass is 10.1. The van der Waals surface area contributed by atoms with E-state index in [1.807, 2.05) is 44.4 Å². The minimum absolute atomic E-state index is 0.125. The highest BCUT2D eigenvalue weighted by atomic mass is 32.2. The van der Waals surface area contributed by atoms with Crippen molar-refractivity contribution in [1.82, 2.24) is 5.32 Å². The van der Waals surface area contributed by atoms with Gasteiger partial charge in [-0.1, -0.05) is 38.1 Å². The number of hydrogen-bond donors (Lipinski definition) is 3. The molecule has 2 aromatic rings. The Balaban J connectivity index is 1.99. The Morgan fingerprint density at radius 1 is 1.00 bits per heavy atom. The summed E-state index contributed by atoms with van der Waals surface area (Å²) in [5.74, 6) is -0.0262. The number of carbonyl (C=O) groups is 2. The maximum Gasteiger partial charge on any atom is 0.253 e. The Morgan fingerprint density at radius 3 is 2.35 bits per heavy atom. The van der Waals surface area contributed by atoms with Gasteiger partial charge in [-0.3, -0.25) is 9.59 Å². The minimum Gasteiger partial charge on any atom is -0.375 e. The molecule has 2 rings (SSSR count). The zero-order valence-corrected chi connectivity index (χ0v) is 16.2. The van der Waals surface area contributed by atoms with Gasteiger partial charge in [0.25, 0.3) is 5.91 Å². The lowest BCUT2D eigenvalue weighted by molar-refractivity contribution is -0.114. The monoisotopic (exact) mass is 371 g/mol. The van der Waals surface area contributed by atoms with E-state index in [1.165, 1.54) is 0 Å². The molecule has 0 aromatic heterocycles. The van der Waals surface area contributed by atoms with Gasteiger partial charge in [-0.15, -0.1) is 11.8 Å². The highest BCUT2D eigenvalue weighted by Gasteiger charge is 2.13. The number of anilines is 2. The first-order valence-corrected chi connectivity index (χ1v) is 9.77. The van der Waals surface area contributed by atoms with Gasteiger partial charge in [0, 0.05) is 17.1 Å². The van der Waals surface area contributed by atoms with Gasteiger partial charge < -0.3 is 16.0 Å². The fraction of sp³-hybridized carbons (Fsp3) is 0.300. The first-order valence-electron chi connectivity index (χ1n) is 8.55. The first-order chi connectivity index (χ1) is 12.5. The average Bonchev–Trinajstić information content (AvgIpc) is 2.65. The van der Waals surface area contributed by atoms with Crippen LogP contribution in [0, 0.1) is 5.92 Å². The number of nitrogens with one attached hydrogen (secondary N) is 3. The third-order valence-electron chi connectivity index (χ3n) is 3.66. The molecule has 0 saturated carbocycles. The van der Waals surface area contributed by atoms with E-state index in [0.29, 0.717) is 23.7 Å². The van der Waals surface area contributed by atoms with Crippen LogP contribution in [-0.2, 0) is 4.79 Å². The second-order valence-electron chi connectivity index (χ2n) is 6.25. The molecule has 0 unspecified atom stereocenters. The molecule has 2 aromatic carbocycles. The zero-order chi connectivity index (χ0) is 18.9. The highest BCUT2D eigenvalue weighted by molar-refractivity contribution is 7.98. The van der Waals surface area contributed by atoms with E-state index >= 15 is 0 Å². The predicted molar refractivity (Wildman–Crippen MR) is 109 cm³/mol. The van der Waals surface area contributed by atoms with Crippen LogP contribution < -0.4 is 16.0 Å². The van der Waals surface area contributed by atoms with Gasteiger partial charge in [-0.25, -0.2) is 0 Å². The summed E-state index contributed by atoms with van der Waals surface area (Å²) in [7, 11) is 0. The number of benzene rings is 2. The molecule has 0 fully saturated rings. The summed E-state index contributed by atoms with van der Waals surface area (Å²) in [6.45, 7) is 4.78. The maximum atomic E-state index is 12.3. The number of hydrogen-bond acceptors (Lipinski definition) is 4. The van der Waals surface area contributed by atoms with Crippen LogP contribution in [0.2, 0.25) is 0 Å². The van der Waals surface area contributed by atoms with Crippen LogP contribution in [-0.4, -0.2) is 31.2 Å². The molecule has 0 atom stereocenters. The van der Waals surface area contributed by atoms with E-state index in [9.17, 15) is 9.59 Å². The second-order valence-corrected chi connectivity index (χ2v) is 7.10. The van der Waals surface area contributed by atoms with E-state index in [4.69, 9.17) is 0 Å². The molecule has 0 spiro atoms. The molecule has 0 aliphatic rings. The van der Waals surface area contributed by atoms with E-state index in [1.54, 1.807) is 36.0 Å². The topological polar surface area (TPSA) is 70.2 Å². The Kier molecular flexibility index (Phi) is 7.53. The van der Waals surface area contributed by atoms with Crippen LogP contribution in [0.3, 0.4) is 0 Å². The van der Waals surface area contributed by atoms with Gasteiger partial charge >= 0.3 is 0 Å². The fourth-order valence-corrected chi connectivity index (χ4v) is 2.92. The second kappa shape index (κ2) is 9.87. The lowest BCUT2D eigenvalue weighted by Crippen LogP contribution is -2.29. The van der Waals surface area contributed by atoms with Crippen LogP contribution in [0.4, 0.5) is 11.4 Å². The molecule has 2 amide bonds. The van der Waals surface area contributed by atoms with Gasteiger partial charge in [0.1, 0.15) is 0 Å². The Hall–Kier alpha value is -2.47. The van der Waals surface area contributed by atoms with Crippen molar-refractivity contribution >= 4 is 35.0 Å². The third kappa shape index (κ3) is 5.81.